The fraction of sp³-hybridized carbons (Fsp3) is 0.583. The minimum absolute atomic E-state index is 0.297. The molecule has 0 radical (unpaired) electrons. The third-order valence-electron chi connectivity index (χ3n) is 7.55. The van der Waals surface area contributed by atoms with E-state index < -0.39 is 6.36 Å². The van der Waals surface area contributed by atoms with Gasteiger partial charge in [0.25, 0.3) is 0 Å². The first-order valence-corrected chi connectivity index (χ1v) is 16.7. The number of rotatable bonds is 14. The van der Waals surface area contributed by atoms with Crippen molar-refractivity contribution >= 4 is 16.6 Å². The topological polar surface area (TPSA) is 55.5 Å². The van der Waals surface area contributed by atoms with Crippen molar-refractivity contribution in [1.82, 2.24) is 24.5 Å². The number of halogens is 3. The normalized spacial score (nSPS) is 12.1. The van der Waals surface area contributed by atoms with E-state index in [-0.39, 0.29) is 5.75 Å². The van der Waals surface area contributed by atoms with Crippen LogP contribution in [-0.2, 0) is 0 Å². The molecule has 0 aliphatic heterocycles. The first kappa shape index (κ1) is 38.0. The van der Waals surface area contributed by atoms with Gasteiger partial charge in [-0.3, -0.25) is 4.98 Å². The summed E-state index contributed by atoms with van der Waals surface area (Å²) >= 11 is 0. The molecule has 1 atom stereocenters. The van der Waals surface area contributed by atoms with Crippen LogP contribution in [0.25, 0.3) is 27.7 Å². The fourth-order valence-corrected chi connectivity index (χ4v) is 5.22. The Kier molecular flexibility index (Phi) is 16.9. The Bertz CT molecular complexity index is 1370. The molecule has 6 nitrogen and oxygen atoms in total. The van der Waals surface area contributed by atoms with Crippen LogP contribution in [0.3, 0.4) is 0 Å². The van der Waals surface area contributed by atoms with Gasteiger partial charge in [-0.25, -0.2) is 9.50 Å². The molecule has 4 rings (SSSR count). The van der Waals surface area contributed by atoms with Crippen LogP contribution < -0.4 is 4.74 Å². The average molecular weight is 630 g/mol. The molecule has 0 fully saturated rings. The van der Waals surface area contributed by atoms with Gasteiger partial charge in [-0.05, 0) is 81.2 Å². The maximum atomic E-state index is 12.5. The van der Waals surface area contributed by atoms with Crippen molar-refractivity contribution in [2.24, 2.45) is 5.92 Å². The van der Waals surface area contributed by atoms with Crippen LogP contribution in [0.5, 0.6) is 5.75 Å². The summed E-state index contributed by atoms with van der Waals surface area (Å²) in [5.41, 5.74) is 3.50. The van der Waals surface area contributed by atoms with E-state index in [2.05, 4.69) is 66.4 Å². The number of unbranched alkanes of at least 4 members (excludes halogenated alkanes) is 4. The smallest absolute Gasteiger partial charge is 0.406 e. The number of ether oxygens (including phenoxy) is 1. The van der Waals surface area contributed by atoms with Crippen molar-refractivity contribution in [3.63, 3.8) is 0 Å². The lowest BCUT2D eigenvalue weighted by Gasteiger charge is -2.14. The summed E-state index contributed by atoms with van der Waals surface area (Å²) < 4.78 is 43.2. The van der Waals surface area contributed by atoms with E-state index in [4.69, 9.17) is 0 Å². The number of fused-ring (bicyclic) bond motifs is 2. The van der Waals surface area contributed by atoms with Crippen molar-refractivity contribution in [3.8, 4) is 16.9 Å². The second-order valence-electron chi connectivity index (χ2n) is 11.9. The highest BCUT2D eigenvalue weighted by atomic mass is 19.4. The fourth-order valence-electron chi connectivity index (χ4n) is 5.22. The highest BCUT2D eigenvalue weighted by Crippen LogP contribution is 2.33. The second-order valence-corrected chi connectivity index (χ2v) is 11.9. The molecule has 250 valence electrons. The van der Waals surface area contributed by atoms with E-state index in [1.54, 1.807) is 29.2 Å². The van der Waals surface area contributed by atoms with Crippen LogP contribution in [0, 0.1) is 12.8 Å². The molecular weight excluding hydrogens is 575 g/mol. The monoisotopic (exact) mass is 629 g/mol. The van der Waals surface area contributed by atoms with Crippen LogP contribution >= 0.6 is 0 Å². The maximum Gasteiger partial charge on any atom is 0.573 e. The Morgan fingerprint density at radius 2 is 1.58 bits per heavy atom. The summed E-state index contributed by atoms with van der Waals surface area (Å²) in [6.45, 7) is 15.8. The van der Waals surface area contributed by atoms with Crippen LogP contribution in [0.2, 0.25) is 0 Å². The zero-order chi connectivity index (χ0) is 33.2. The van der Waals surface area contributed by atoms with Gasteiger partial charge >= 0.3 is 6.36 Å². The number of hydrogen-bond donors (Lipinski definition) is 0. The quantitative estimate of drug-likeness (QED) is 0.130. The lowest BCUT2D eigenvalue weighted by atomic mass is 9.99. The molecule has 0 aliphatic carbocycles. The van der Waals surface area contributed by atoms with Crippen molar-refractivity contribution < 1.29 is 17.9 Å². The molecule has 0 amide bonds. The number of aryl methyl sites for hydroxylation is 1. The molecule has 0 saturated heterocycles. The molecule has 0 saturated carbocycles. The highest BCUT2D eigenvalue weighted by molar-refractivity contribution is 5.98. The van der Waals surface area contributed by atoms with Gasteiger partial charge in [0.15, 0.2) is 5.65 Å². The van der Waals surface area contributed by atoms with Crippen LogP contribution in [0.1, 0.15) is 104 Å². The van der Waals surface area contributed by atoms with Crippen molar-refractivity contribution in [3.05, 3.63) is 54.6 Å². The first-order valence-electron chi connectivity index (χ1n) is 16.7. The first-order chi connectivity index (χ1) is 21.5. The van der Waals surface area contributed by atoms with Gasteiger partial charge in [0, 0.05) is 29.5 Å². The molecule has 1 unspecified atom stereocenters. The van der Waals surface area contributed by atoms with Crippen LogP contribution in [0.4, 0.5) is 13.2 Å². The summed E-state index contributed by atoms with van der Waals surface area (Å²) in [7, 11) is 2.21. The Morgan fingerprint density at radius 3 is 2.24 bits per heavy atom. The zero-order valence-electron chi connectivity index (χ0n) is 28.5. The molecule has 0 N–H and O–H groups in total. The molecule has 3 aromatic heterocycles. The van der Waals surface area contributed by atoms with Gasteiger partial charge in [0.05, 0.1) is 11.7 Å². The second kappa shape index (κ2) is 20.0. The third-order valence-corrected chi connectivity index (χ3v) is 7.55. The summed E-state index contributed by atoms with van der Waals surface area (Å²) in [6, 6.07) is 5.77. The van der Waals surface area contributed by atoms with E-state index in [9.17, 15) is 13.2 Å². The van der Waals surface area contributed by atoms with E-state index in [0.717, 1.165) is 11.5 Å². The van der Waals surface area contributed by atoms with Gasteiger partial charge in [0.1, 0.15) is 5.75 Å². The summed E-state index contributed by atoms with van der Waals surface area (Å²) in [6.07, 6.45) is 15.8. The molecule has 3 heterocycles. The van der Waals surface area contributed by atoms with Gasteiger partial charge in [0.2, 0.25) is 0 Å². The number of aromatic nitrogens is 4. The Morgan fingerprint density at radius 1 is 0.844 bits per heavy atom. The van der Waals surface area contributed by atoms with Crippen molar-refractivity contribution in [2.45, 2.75) is 112 Å². The SMILES string of the molecule is CCCCCC(C)CCC.CCCCCN(C)CCC.Cc1cnc2c(-c3ccnc4ccc(OC(F)(F)F)cc34)cnn2c1. The predicted molar refractivity (Wildman–Crippen MR) is 181 cm³/mol. The number of hydrogen-bond acceptors (Lipinski definition) is 5. The molecule has 1 aromatic carbocycles. The Labute approximate surface area is 268 Å². The van der Waals surface area contributed by atoms with E-state index in [1.165, 1.54) is 95.5 Å². The summed E-state index contributed by atoms with van der Waals surface area (Å²) in [4.78, 5) is 11.0. The summed E-state index contributed by atoms with van der Waals surface area (Å²) in [5, 5.41) is 4.80. The van der Waals surface area contributed by atoms with Crippen LogP contribution in [0.15, 0.2) is 49.1 Å². The summed E-state index contributed by atoms with van der Waals surface area (Å²) in [5.74, 6) is 0.672. The van der Waals surface area contributed by atoms with Crippen molar-refractivity contribution in [1.29, 1.82) is 0 Å². The standard InChI is InChI=1S/C17H11F3N4O.C10H22.C9H21N/c1-10-7-22-16-14(8-23-24(16)9-10)12-4-5-21-15-3-2-11(6-13(12)15)25-17(18,19)20;2*1-4-6-7-9-10(3)8-5-2/h2-9H,1H3;10H,4-9H2,1-3H3;4-9H2,1-3H3. The molecule has 0 spiro atoms. The number of pyridine rings is 1. The zero-order valence-corrected chi connectivity index (χ0v) is 28.5. The number of benzene rings is 1. The number of alkyl halides is 3. The highest BCUT2D eigenvalue weighted by Gasteiger charge is 2.31. The van der Waals surface area contributed by atoms with Gasteiger partial charge < -0.3 is 9.64 Å². The van der Waals surface area contributed by atoms with Crippen molar-refractivity contribution in [2.75, 3.05) is 20.1 Å². The molecular formula is C36H54F3N5O. The maximum absolute atomic E-state index is 12.5. The van der Waals surface area contributed by atoms with Gasteiger partial charge in [-0.2, -0.15) is 5.10 Å². The number of nitrogens with zero attached hydrogens (tertiary/aromatic N) is 5. The lowest BCUT2D eigenvalue weighted by Crippen LogP contribution is -2.20. The largest absolute Gasteiger partial charge is 0.573 e. The Hall–Kier alpha value is -3.20. The van der Waals surface area contributed by atoms with E-state index in [1.807, 2.05) is 13.1 Å². The van der Waals surface area contributed by atoms with E-state index >= 15 is 0 Å². The molecule has 4 aromatic rings. The third kappa shape index (κ3) is 13.8. The lowest BCUT2D eigenvalue weighted by molar-refractivity contribution is -0.274. The minimum Gasteiger partial charge on any atom is -0.406 e. The predicted octanol–water partition coefficient (Wildman–Crippen LogP) is 10.7. The minimum atomic E-state index is -4.75. The molecule has 0 bridgehead atoms. The van der Waals surface area contributed by atoms with Gasteiger partial charge in [-0.15, -0.1) is 13.2 Å². The molecule has 9 heteroatoms. The average Bonchev–Trinajstić information content (AvgIpc) is 3.40. The van der Waals surface area contributed by atoms with Crippen LogP contribution in [-0.4, -0.2) is 51.0 Å². The Balaban J connectivity index is 0.000000294. The van der Waals surface area contributed by atoms with E-state index in [0.29, 0.717) is 27.7 Å². The van der Waals surface area contributed by atoms with Gasteiger partial charge in [-0.1, -0.05) is 86.0 Å². The molecule has 45 heavy (non-hydrogen) atoms. The molecule has 0 aliphatic rings.